The number of piperazine rings is 1. The van der Waals surface area contributed by atoms with Gasteiger partial charge in [0.25, 0.3) is 5.91 Å². The number of nitrogens with zero attached hydrogens (tertiary/aromatic N) is 2. The Morgan fingerprint density at radius 3 is 1.94 bits per heavy atom. The lowest BCUT2D eigenvalue weighted by atomic mass is 10.1. The number of ether oxygens (including phenoxy) is 1. The summed E-state index contributed by atoms with van der Waals surface area (Å²) in [6.45, 7) is 2.86. The molecule has 1 aliphatic heterocycles. The number of anilines is 3. The Bertz CT molecular complexity index is 1040. The van der Waals surface area contributed by atoms with Crippen LogP contribution in [0.5, 0.6) is 5.75 Å². The zero-order valence-electron chi connectivity index (χ0n) is 18.0. The summed E-state index contributed by atoms with van der Waals surface area (Å²) in [5.74, 6) is 0.831. The largest absolute Gasteiger partial charge is 0.497 e. The number of benzene rings is 3. The lowest BCUT2D eigenvalue weighted by Gasteiger charge is -2.36. The molecule has 0 bridgehead atoms. The Labute approximate surface area is 187 Å². The minimum atomic E-state index is -0.329. The molecule has 3 aromatic carbocycles. The predicted octanol–water partition coefficient (Wildman–Crippen LogP) is 4.30. The minimum absolute atomic E-state index is 0.000307. The first-order valence-electron chi connectivity index (χ1n) is 10.5. The molecule has 7 nitrogen and oxygen atoms in total. The van der Waals surface area contributed by atoms with Crippen LogP contribution in [0.4, 0.5) is 21.9 Å². The summed E-state index contributed by atoms with van der Waals surface area (Å²) < 4.78 is 5.21. The van der Waals surface area contributed by atoms with E-state index in [1.807, 2.05) is 59.5 Å². The summed E-state index contributed by atoms with van der Waals surface area (Å²) in [6.07, 6.45) is 0. The van der Waals surface area contributed by atoms with Crippen molar-refractivity contribution in [2.45, 2.75) is 0 Å². The molecular formula is C25H26N4O3. The van der Waals surface area contributed by atoms with E-state index in [9.17, 15) is 9.59 Å². The van der Waals surface area contributed by atoms with Crippen molar-refractivity contribution in [3.63, 3.8) is 0 Å². The number of carbonyl (C=O) groups is 2. The molecule has 4 rings (SSSR count). The average Bonchev–Trinajstić information content (AvgIpc) is 2.85. The van der Waals surface area contributed by atoms with Gasteiger partial charge in [0, 0.05) is 48.8 Å². The maximum atomic E-state index is 12.9. The summed E-state index contributed by atoms with van der Waals surface area (Å²) in [6, 6.07) is 23.8. The first kappa shape index (κ1) is 21.2. The molecule has 164 valence electrons. The van der Waals surface area contributed by atoms with Crippen LogP contribution in [0.25, 0.3) is 0 Å². The van der Waals surface area contributed by atoms with Gasteiger partial charge in [0.1, 0.15) is 5.75 Å². The molecule has 1 heterocycles. The quantitative estimate of drug-likeness (QED) is 0.633. The number of carbonyl (C=O) groups excluding carboxylic acids is 2. The van der Waals surface area contributed by atoms with Crippen LogP contribution in [-0.2, 0) is 0 Å². The van der Waals surface area contributed by atoms with Gasteiger partial charge in [-0.1, -0.05) is 18.2 Å². The van der Waals surface area contributed by atoms with E-state index in [-0.39, 0.29) is 11.9 Å². The van der Waals surface area contributed by atoms with E-state index < -0.39 is 0 Å². The van der Waals surface area contributed by atoms with E-state index in [1.165, 1.54) is 0 Å². The van der Waals surface area contributed by atoms with Gasteiger partial charge in [0.2, 0.25) is 0 Å². The van der Waals surface area contributed by atoms with E-state index in [0.29, 0.717) is 30.0 Å². The molecular weight excluding hydrogens is 404 g/mol. The van der Waals surface area contributed by atoms with Crippen LogP contribution in [0.3, 0.4) is 0 Å². The van der Waals surface area contributed by atoms with E-state index in [4.69, 9.17) is 4.74 Å². The molecule has 0 radical (unpaired) electrons. The maximum absolute atomic E-state index is 12.9. The van der Waals surface area contributed by atoms with Crippen molar-refractivity contribution in [2.75, 3.05) is 48.8 Å². The van der Waals surface area contributed by atoms with E-state index >= 15 is 0 Å². The second-order valence-electron chi connectivity index (χ2n) is 7.50. The highest BCUT2D eigenvalue weighted by molar-refractivity contribution is 6.00. The van der Waals surface area contributed by atoms with Crippen molar-refractivity contribution >= 4 is 29.0 Å². The summed E-state index contributed by atoms with van der Waals surface area (Å²) >= 11 is 0. The number of methoxy groups -OCH3 is 1. The molecule has 1 fully saturated rings. The highest BCUT2D eigenvalue weighted by atomic mass is 16.5. The summed E-state index contributed by atoms with van der Waals surface area (Å²) in [5, 5.41) is 5.54. The Hall–Kier alpha value is -4.00. The first-order valence-corrected chi connectivity index (χ1v) is 10.5. The van der Waals surface area contributed by atoms with E-state index in [0.717, 1.165) is 24.5 Å². The molecule has 0 spiro atoms. The standard InChI is InChI=1S/C25H26N4O3/c1-32-23-13-11-22(12-14-23)28-15-17-29(18-16-28)24(30)19-7-9-21(10-8-19)27-25(31)26-20-5-3-2-4-6-20/h2-14H,15-18H2,1H3,(H2,26,27,31). The van der Waals surface area contributed by atoms with E-state index in [2.05, 4.69) is 15.5 Å². The molecule has 1 saturated heterocycles. The lowest BCUT2D eigenvalue weighted by molar-refractivity contribution is 0.0747. The highest BCUT2D eigenvalue weighted by Gasteiger charge is 2.22. The topological polar surface area (TPSA) is 73.9 Å². The Morgan fingerprint density at radius 2 is 1.34 bits per heavy atom. The SMILES string of the molecule is COc1ccc(N2CCN(C(=O)c3ccc(NC(=O)Nc4ccccc4)cc3)CC2)cc1. The highest BCUT2D eigenvalue weighted by Crippen LogP contribution is 2.21. The number of para-hydroxylation sites is 1. The molecule has 0 atom stereocenters. The van der Waals surface area contributed by atoms with Gasteiger partial charge < -0.3 is 25.2 Å². The second-order valence-corrected chi connectivity index (χ2v) is 7.50. The number of amides is 3. The van der Waals surface area contributed by atoms with Gasteiger partial charge in [-0.3, -0.25) is 4.79 Å². The predicted molar refractivity (Wildman–Crippen MR) is 127 cm³/mol. The molecule has 0 unspecified atom stereocenters. The third kappa shape index (κ3) is 5.18. The van der Waals surface area contributed by atoms with Crippen molar-refractivity contribution in [3.05, 3.63) is 84.4 Å². The molecule has 0 aromatic heterocycles. The van der Waals surface area contributed by atoms with Gasteiger partial charge >= 0.3 is 6.03 Å². The van der Waals surface area contributed by atoms with Gasteiger partial charge in [-0.05, 0) is 60.7 Å². The molecule has 1 aliphatic rings. The molecule has 2 N–H and O–H groups in total. The summed E-state index contributed by atoms with van der Waals surface area (Å²) in [4.78, 5) is 29.1. The zero-order chi connectivity index (χ0) is 22.3. The maximum Gasteiger partial charge on any atom is 0.323 e. The number of nitrogens with one attached hydrogen (secondary N) is 2. The first-order chi connectivity index (χ1) is 15.6. The van der Waals surface area contributed by atoms with Crippen LogP contribution in [-0.4, -0.2) is 50.1 Å². The summed E-state index contributed by atoms with van der Waals surface area (Å²) in [5.41, 5.74) is 3.07. The van der Waals surface area contributed by atoms with Gasteiger partial charge in [0.05, 0.1) is 7.11 Å². The van der Waals surface area contributed by atoms with Crippen molar-refractivity contribution in [2.24, 2.45) is 0 Å². The lowest BCUT2D eigenvalue weighted by Crippen LogP contribution is -2.48. The van der Waals surface area contributed by atoms with Crippen molar-refractivity contribution in [1.29, 1.82) is 0 Å². The molecule has 7 heteroatoms. The third-order valence-corrected chi connectivity index (χ3v) is 5.43. The minimum Gasteiger partial charge on any atom is -0.497 e. The fraction of sp³-hybridized carbons (Fsp3) is 0.200. The van der Waals surface area contributed by atoms with Crippen LogP contribution in [0.1, 0.15) is 10.4 Å². The molecule has 0 aliphatic carbocycles. The molecule has 3 amide bonds. The van der Waals surface area contributed by atoms with Crippen LogP contribution >= 0.6 is 0 Å². The van der Waals surface area contributed by atoms with Crippen LogP contribution in [0.2, 0.25) is 0 Å². The van der Waals surface area contributed by atoms with Gasteiger partial charge in [-0.15, -0.1) is 0 Å². The number of hydrogen-bond acceptors (Lipinski definition) is 4. The van der Waals surface area contributed by atoms with Crippen molar-refractivity contribution < 1.29 is 14.3 Å². The monoisotopic (exact) mass is 430 g/mol. The molecule has 0 saturated carbocycles. The van der Waals surface area contributed by atoms with Gasteiger partial charge in [-0.25, -0.2) is 4.79 Å². The number of hydrogen-bond donors (Lipinski definition) is 2. The zero-order valence-corrected chi connectivity index (χ0v) is 18.0. The van der Waals surface area contributed by atoms with Gasteiger partial charge in [0.15, 0.2) is 0 Å². The number of rotatable bonds is 5. The normalized spacial score (nSPS) is 13.4. The second kappa shape index (κ2) is 9.87. The Balaban J connectivity index is 1.29. The molecule has 32 heavy (non-hydrogen) atoms. The molecule has 3 aromatic rings. The fourth-order valence-electron chi connectivity index (χ4n) is 3.65. The average molecular weight is 431 g/mol. The fourth-order valence-corrected chi connectivity index (χ4v) is 3.65. The van der Waals surface area contributed by atoms with Crippen LogP contribution in [0, 0.1) is 0 Å². The Kier molecular flexibility index (Phi) is 6.55. The van der Waals surface area contributed by atoms with E-state index in [1.54, 1.807) is 31.4 Å². The van der Waals surface area contributed by atoms with Crippen LogP contribution < -0.4 is 20.3 Å². The number of urea groups is 1. The van der Waals surface area contributed by atoms with Crippen molar-refractivity contribution in [3.8, 4) is 5.75 Å². The summed E-state index contributed by atoms with van der Waals surface area (Å²) in [7, 11) is 1.65. The third-order valence-electron chi connectivity index (χ3n) is 5.43. The van der Waals surface area contributed by atoms with Gasteiger partial charge in [-0.2, -0.15) is 0 Å². The van der Waals surface area contributed by atoms with Crippen LogP contribution in [0.15, 0.2) is 78.9 Å². The Morgan fingerprint density at radius 1 is 0.750 bits per heavy atom. The smallest absolute Gasteiger partial charge is 0.323 e. The van der Waals surface area contributed by atoms with Crippen molar-refractivity contribution in [1.82, 2.24) is 4.90 Å².